The van der Waals surface area contributed by atoms with E-state index in [0.29, 0.717) is 12.5 Å². The van der Waals surface area contributed by atoms with Gasteiger partial charge in [0.2, 0.25) is 5.95 Å². The molecule has 0 saturated heterocycles. The summed E-state index contributed by atoms with van der Waals surface area (Å²) in [6.45, 7) is 3.31. The highest BCUT2D eigenvalue weighted by atomic mass is 19.1. The summed E-state index contributed by atoms with van der Waals surface area (Å²) in [7, 11) is 0. The van der Waals surface area contributed by atoms with Crippen molar-refractivity contribution in [2.75, 3.05) is 6.61 Å². The van der Waals surface area contributed by atoms with Gasteiger partial charge in [-0.3, -0.25) is 0 Å². The smallest absolute Gasteiger partial charge is 0.230 e. The number of aromatic nitrogens is 3. The highest BCUT2D eigenvalue weighted by Gasteiger charge is 2.24. The Kier molecular flexibility index (Phi) is 4.21. The van der Waals surface area contributed by atoms with E-state index in [1.807, 2.05) is 31.2 Å². The molecule has 25 heavy (non-hydrogen) atoms. The number of benzene rings is 1. The van der Waals surface area contributed by atoms with Crippen molar-refractivity contribution in [1.82, 2.24) is 14.1 Å². The number of nitrogens with zero attached hydrogens (tertiary/aromatic N) is 3. The fourth-order valence-corrected chi connectivity index (χ4v) is 3.21. The number of para-hydroxylation sites is 1. The molecule has 6 heteroatoms. The van der Waals surface area contributed by atoms with E-state index in [1.54, 1.807) is 4.57 Å². The summed E-state index contributed by atoms with van der Waals surface area (Å²) >= 11 is 0. The first kappa shape index (κ1) is 16.1. The van der Waals surface area contributed by atoms with Crippen molar-refractivity contribution < 1.29 is 14.2 Å². The van der Waals surface area contributed by atoms with Crippen LogP contribution < -0.4 is 4.74 Å². The summed E-state index contributed by atoms with van der Waals surface area (Å²) in [6, 6.07) is 7.95. The van der Waals surface area contributed by atoms with E-state index < -0.39 is 5.95 Å². The second kappa shape index (κ2) is 6.52. The molecule has 4 rings (SSSR count). The molecule has 2 aromatic heterocycles. The molecule has 1 fully saturated rings. The van der Waals surface area contributed by atoms with Crippen molar-refractivity contribution in [2.45, 2.75) is 39.0 Å². The zero-order valence-electron chi connectivity index (χ0n) is 14.2. The van der Waals surface area contributed by atoms with Gasteiger partial charge < -0.3 is 19.0 Å². The fraction of sp³-hybridized carbons (Fsp3) is 0.421. The van der Waals surface area contributed by atoms with Crippen LogP contribution in [0.4, 0.5) is 4.39 Å². The molecule has 0 bridgehead atoms. The summed E-state index contributed by atoms with van der Waals surface area (Å²) in [5.74, 6) is 1.01. The van der Waals surface area contributed by atoms with E-state index in [2.05, 4.69) is 9.55 Å². The Hall–Kier alpha value is -2.34. The van der Waals surface area contributed by atoms with Gasteiger partial charge in [-0.05, 0) is 37.8 Å². The van der Waals surface area contributed by atoms with E-state index >= 15 is 0 Å². The van der Waals surface area contributed by atoms with E-state index in [0.717, 1.165) is 28.9 Å². The number of aliphatic hydroxyl groups excluding tert-OH is 1. The largest absolute Gasteiger partial charge is 0.489 e. The van der Waals surface area contributed by atoms with Crippen molar-refractivity contribution in [1.29, 1.82) is 0 Å². The average molecular weight is 343 g/mol. The number of ether oxygens (including phenoxy) is 1. The number of imidazole rings is 1. The van der Waals surface area contributed by atoms with Crippen LogP contribution in [-0.2, 0) is 13.2 Å². The quantitative estimate of drug-likeness (QED) is 0.714. The molecular formula is C19H22FN3O2. The Morgan fingerprint density at radius 1 is 1.40 bits per heavy atom. The first-order valence-electron chi connectivity index (χ1n) is 8.69. The highest BCUT2D eigenvalue weighted by molar-refractivity contribution is 5.87. The molecule has 1 atom stereocenters. The van der Waals surface area contributed by atoms with Gasteiger partial charge in [-0.1, -0.05) is 12.1 Å². The van der Waals surface area contributed by atoms with Crippen molar-refractivity contribution in [3.8, 4) is 5.75 Å². The minimum absolute atomic E-state index is 0.0194. The number of hydrogen-bond donors (Lipinski definition) is 1. The number of halogens is 1. The van der Waals surface area contributed by atoms with Gasteiger partial charge in [0.25, 0.3) is 0 Å². The zero-order chi connectivity index (χ0) is 17.4. The molecular weight excluding hydrogens is 321 g/mol. The molecule has 1 aromatic carbocycles. The van der Waals surface area contributed by atoms with Crippen molar-refractivity contribution >= 4 is 10.9 Å². The number of rotatable bonds is 7. The summed E-state index contributed by atoms with van der Waals surface area (Å²) < 4.78 is 23.0. The van der Waals surface area contributed by atoms with Crippen LogP contribution in [0, 0.1) is 11.9 Å². The molecule has 1 aliphatic carbocycles. The van der Waals surface area contributed by atoms with Gasteiger partial charge in [0.15, 0.2) is 0 Å². The van der Waals surface area contributed by atoms with E-state index in [1.165, 1.54) is 25.4 Å². The van der Waals surface area contributed by atoms with Crippen molar-refractivity contribution in [2.24, 2.45) is 5.92 Å². The predicted molar refractivity (Wildman–Crippen MR) is 93.0 cm³/mol. The first-order valence-corrected chi connectivity index (χ1v) is 8.69. The second-order valence-corrected chi connectivity index (χ2v) is 6.85. The molecule has 132 valence electrons. The van der Waals surface area contributed by atoms with Crippen LogP contribution in [0.25, 0.3) is 10.9 Å². The van der Waals surface area contributed by atoms with Crippen molar-refractivity contribution in [3.63, 3.8) is 0 Å². The standard InChI is InChI=1S/C19H22FN3O2/c1-13(22-9-18(20)21-12-22)11-25-17-4-2-3-15-7-16(10-24)23(19(15)17)8-14-5-6-14/h2-4,7,9,12-14,24H,5-6,8,10-11H2,1H3. The van der Waals surface area contributed by atoms with Crippen LogP contribution in [-0.4, -0.2) is 25.8 Å². The van der Waals surface area contributed by atoms with Gasteiger partial charge in [-0.15, -0.1) is 0 Å². The molecule has 0 amide bonds. The zero-order valence-corrected chi connectivity index (χ0v) is 14.2. The number of aliphatic hydroxyl groups is 1. The molecule has 0 aliphatic heterocycles. The Bertz CT molecular complexity index is 882. The van der Waals surface area contributed by atoms with E-state index in [-0.39, 0.29) is 12.6 Å². The third-order valence-corrected chi connectivity index (χ3v) is 4.83. The summed E-state index contributed by atoms with van der Waals surface area (Å²) in [5, 5.41) is 10.8. The molecule has 1 unspecified atom stereocenters. The van der Waals surface area contributed by atoms with Crippen molar-refractivity contribution in [3.05, 3.63) is 48.4 Å². The Labute approximate surface area is 145 Å². The molecule has 1 aliphatic rings. The lowest BCUT2D eigenvalue weighted by molar-refractivity contribution is 0.260. The van der Waals surface area contributed by atoms with Gasteiger partial charge in [0, 0.05) is 17.6 Å². The lowest BCUT2D eigenvalue weighted by atomic mass is 10.2. The van der Waals surface area contributed by atoms with Crippen LogP contribution in [0.15, 0.2) is 36.8 Å². The SMILES string of the molecule is CC(COc1cccc2cc(CO)n(CC3CC3)c12)n1cnc(F)c1. The third kappa shape index (κ3) is 3.26. The molecule has 2 heterocycles. The molecule has 1 saturated carbocycles. The topological polar surface area (TPSA) is 52.2 Å². The van der Waals surface area contributed by atoms with Crippen LogP contribution >= 0.6 is 0 Å². The monoisotopic (exact) mass is 343 g/mol. The number of fused-ring (bicyclic) bond motifs is 1. The van der Waals surface area contributed by atoms with Gasteiger partial charge in [0.1, 0.15) is 12.4 Å². The van der Waals surface area contributed by atoms with Crippen LogP contribution in [0.1, 0.15) is 31.5 Å². The Morgan fingerprint density at radius 2 is 2.24 bits per heavy atom. The van der Waals surface area contributed by atoms with E-state index in [9.17, 15) is 9.50 Å². The minimum atomic E-state index is -0.486. The molecule has 0 spiro atoms. The lowest BCUT2D eigenvalue weighted by Crippen LogP contribution is -2.13. The molecule has 3 aromatic rings. The Balaban J connectivity index is 1.61. The summed E-state index contributed by atoms with van der Waals surface area (Å²) in [6.07, 6.45) is 5.34. The molecule has 0 radical (unpaired) electrons. The van der Waals surface area contributed by atoms with Gasteiger partial charge in [-0.25, -0.2) is 4.98 Å². The van der Waals surface area contributed by atoms with Gasteiger partial charge in [-0.2, -0.15) is 4.39 Å². The van der Waals surface area contributed by atoms with Crippen LogP contribution in [0.2, 0.25) is 0 Å². The highest BCUT2D eigenvalue weighted by Crippen LogP contribution is 2.36. The number of hydrogen-bond acceptors (Lipinski definition) is 3. The maximum atomic E-state index is 13.1. The average Bonchev–Trinajstić information content (AvgIpc) is 3.21. The van der Waals surface area contributed by atoms with Crippen LogP contribution in [0.3, 0.4) is 0 Å². The minimum Gasteiger partial charge on any atom is -0.489 e. The predicted octanol–water partition coefficient (Wildman–Crippen LogP) is 3.52. The molecule has 1 N–H and O–H groups in total. The normalized spacial score (nSPS) is 15.6. The fourth-order valence-electron chi connectivity index (χ4n) is 3.21. The van der Waals surface area contributed by atoms with E-state index in [4.69, 9.17) is 4.74 Å². The lowest BCUT2D eigenvalue weighted by Gasteiger charge is -2.16. The van der Waals surface area contributed by atoms with Gasteiger partial charge in [0.05, 0.1) is 30.7 Å². The maximum Gasteiger partial charge on any atom is 0.230 e. The van der Waals surface area contributed by atoms with Gasteiger partial charge >= 0.3 is 0 Å². The summed E-state index contributed by atoms with van der Waals surface area (Å²) in [5.41, 5.74) is 1.95. The first-order chi connectivity index (χ1) is 12.2. The van der Waals surface area contributed by atoms with Crippen LogP contribution in [0.5, 0.6) is 5.75 Å². The Morgan fingerprint density at radius 3 is 2.92 bits per heavy atom. The third-order valence-electron chi connectivity index (χ3n) is 4.83. The second-order valence-electron chi connectivity index (χ2n) is 6.85. The maximum absolute atomic E-state index is 13.1. The summed E-state index contributed by atoms with van der Waals surface area (Å²) in [4.78, 5) is 3.62. The molecule has 5 nitrogen and oxygen atoms in total.